The molecule has 2 aromatic carbocycles. The molecule has 214 valence electrons. The van der Waals surface area contributed by atoms with Gasteiger partial charge in [0, 0.05) is 23.5 Å². The lowest BCUT2D eigenvalue weighted by atomic mass is 9.99. The molecule has 3 amide bonds. The van der Waals surface area contributed by atoms with Gasteiger partial charge in [0.1, 0.15) is 12.1 Å². The van der Waals surface area contributed by atoms with Crippen LogP contribution in [0, 0.1) is 5.92 Å². The van der Waals surface area contributed by atoms with Crippen molar-refractivity contribution < 1.29 is 29.4 Å². The minimum atomic E-state index is -1.56. The van der Waals surface area contributed by atoms with Gasteiger partial charge in [-0.3, -0.25) is 14.4 Å². The number of aliphatic hydroxyl groups excluding tert-OH is 1. The summed E-state index contributed by atoms with van der Waals surface area (Å²) in [6, 6.07) is 11.8. The summed E-state index contributed by atoms with van der Waals surface area (Å²) in [5.41, 5.74) is 8.72. The second kappa shape index (κ2) is 13.7. The zero-order valence-corrected chi connectivity index (χ0v) is 22.8. The minimum Gasteiger partial charge on any atom is -0.480 e. The Kier molecular flexibility index (Phi) is 10.4. The van der Waals surface area contributed by atoms with Gasteiger partial charge < -0.3 is 36.9 Å². The zero-order valence-electron chi connectivity index (χ0n) is 22.8. The first-order chi connectivity index (χ1) is 19.0. The van der Waals surface area contributed by atoms with E-state index < -0.39 is 54.0 Å². The van der Waals surface area contributed by atoms with Crippen molar-refractivity contribution >= 4 is 34.6 Å². The second-order valence-corrected chi connectivity index (χ2v) is 10.2. The summed E-state index contributed by atoms with van der Waals surface area (Å²) >= 11 is 0. The first-order valence-electron chi connectivity index (χ1n) is 13.1. The molecule has 0 aliphatic rings. The third-order valence-electron chi connectivity index (χ3n) is 6.66. The number of amides is 3. The maximum absolute atomic E-state index is 13.4. The predicted molar refractivity (Wildman–Crippen MR) is 150 cm³/mol. The number of para-hydroxylation sites is 1. The Morgan fingerprint density at radius 1 is 0.825 bits per heavy atom. The average molecular weight is 552 g/mol. The monoisotopic (exact) mass is 551 g/mol. The van der Waals surface area contributed by atoms with Crippen LogP contribution in [0.2, 0.25) is 0 Å². The standard InChI is InChI=1S/C29H37N5O6/c1-16(2)24(33-26(36)21(30)14-19-15-31-22-12-8-7-11-20(19)22)28(38)32-23(13-18-9-5-4-6-10-18)27(37)34-25(17(3)35)29(39)40/h4-12,15-17,21,23-25,31,35H,13-14,30H2,1-3H3,(H,32,38)(H,33,36)(H,34,37)(H,39,40). The maximum atomic E-state index is 13.4. The molecule has 0 bridgehead atoms. The number of aromatic amines is 1. The highest BCUT2D eigenvalue weighted by Gasteiger charge is 2.33. The molecule has 8 N–H and O–H groups in total. The second-order valence-electron chi connectivity index (χ2n) is 10.2. The van der Waals surface area contributed by atoms with Crippen molar-refractivity contribution in [3.63, 3.8) is 0 Å². The van der Waals surface area contributed by atoms with E-state index in [2.05, 4.69) is 20.9 Å². The Morgan fingerprint density at radius 3 is 2.08 bits per heavy atom. The summed E-state index contributed by atoms with van der Waals surface area (Å²) in [5, 5.41) is 27.8. The number of carboxylic acid groups (broad SMARTS) is 1. The van der Waals surface area contributed by atoms with Crippen molar-refractivity contribution in [2.75, 3.05) is 0 Å². The number of carboxylic acids is 1. The predicted octanol–water partition coefficient (Wildman–Crippen LogP) is 0.856. The van der Waals surface area contributed by atoms with Gasteiger partial charge in [-0.15, -0.1) is 0 Å². The lowest BCUT2D eigenvalue weighted by Gasteiger charge is -2.27. The molecule has 5 unspecified atom stereocenters. The molecule has 0 spiro atoms. The summed E-state index contributed by atoms with van der Waals surface area (Å²) in [7, 11) is 0. The van der Waals surface area contributed by atoms with Gasteiger partial charge >= 0.3 is 5.97 Å². The van der Waals surface area contributed by atoms with Gasteiger partial charge in [-0.25, -0.2) is 4.79 Å². The SMILES string of the molecule is CC(C)C(NC(=O)C(N)Cc1c[nH]c2ccccc12)C(=O)NC(Cc1ccccc1)C(=O)NC(C(=O)O)C(C)O. The number of aliphatic carboxylic acids is 1. The van der Waals surface area contributed by atoms with Gasteiger partial charge in [0.25, 0.3) is 0 Å². The molecule has 0 fully saturated rings. The molecule has 5 atom stereocenters. The summed E-state index contributed by atoms with van der Waals surface area (Å²) in [6.45, 7) is 4.74. The summed E-state index contributed by atoms with van der Waals surface area (Å²) in [6.07, 6.45) is 0.742. The Morgan fingerprint density at radius 2 is 1.45 bits per heavy atom. The summed E-state index contributed by atoms with van der Waals surface area (Å²) in [5.74, 6) is -3.69. The van der Waals surface area contributed by atoms with Crippen molar-refractivity contribution in [2.24, 2.45) is 11.7 Å². The molecule has 0 aliphatic heterocycles. The zero-order chi connectivity index (χ0) is 29.4. The normalized spacial score (nSPS) is 15.1. The number of rotatable bonds is 13. The molecule has 11 heteroatoms. The highest BCUT2D eigenvalue weighted by Crippen LogP contribution is 2.19. The van der Waals surface area contributed by atoms with Crippen LogP contribution in [0.4, 0.5) is 0 Å². The number of nitrogens with two attached hydrogens (primary N) is 1. The third kappa shape index (κ3) is 7.90. The lowest BCUT2D eigenvalue weighted by molar-refractivity contribution is -0.145. The number of fused-ring (bicyclic) bond motifs is 1. The van der Waals surface area contributed by atoms with Crippen LogP contribution < -0.4 is 21.7 Å². The Balaban J connectivity index is 1.73. The van der Waals surface area contributed by atoms with Crippen LogP contribution in [0.5, 0.6) is 0 Å². The fourth-order valence-electron chi connectivity index (χ4n) is 4.39. The molecule has 1 heterocycles. The van der Waals surface area contributed by atoms with Crippen LogP contribution in [0.1, 0.15) is 31.9 Å². The molecule has 40 heavy (non-hydrogen) atoms. The van der Waals surface area contributed by atoms with E-state index in [1.165, 1.54) is 6.92 Å². The number of H-pyrrole nitrogens is 1. The number of hydrogen-bond acceptors (Lipinski definition) is 6. The van der Waals surface area contributed by atoms with E-state index in [1.54, 1.807) is 50.4 Å². The van der Waals surface area contributed by atoms with E-state index >= 15 is 0 Å². The van der Waals surface area contributed by atoms with Crippen molar-refractivity contribution in [1.29, 1.82) is 0 Å². The summed E-state index contributed by atoms with van der Waals surface area (Å²) in [4.78, 5) is 54.2. The Bertz CT molecular complexity index is 1320. The number of aromatic nitrogens is 1. The van der Waals surface area contributed by atoms with Crippen LogP contribution in [-0.2, 0) is 32.0 Å². The quantitative estimate of drug-likeness (QED) is 0.164. The molecule has 0 radical (unpaired) electrons. The van der Waals surface area contributed by atoms with Crippen molar-refractivity contribution in [1.82, 2.24) is 20.9 Å². The molecule has 0 saturated heterocycles. The molecule has 3 rings (SSSR count). The molecular formula is C29H37N5O6. The fourth-order valence-corrected chi connectivity index (χ4v) is 4.39. The van der Waals surface area contributed by atoms with Crippen LogP contribution in [0.3, 0.4) is 0 Å². The average Bonchev–Trinajstić information content (AvgIpc) is 3.32. The van der Waals surface area contributed by atoms with Gasteiger partial charge in [0.05, 0.1) is 12.1 Å². The van der Waals surface area contributed by atoms with Crippen LogP contribution in [0.15, 0.2) is 60.8 Å². The van der Waals surface area contributed by atoms with E-state index in [0.717, 1.165) is 22.0 Å². The van der Waals surface area contributed by atoms with Crippen LogP contribution in [-0.4, -0.2) is 69.2 Å². The topological polar surface area (TPSA) is 187 Å². The summed E-state index contributed by atoms with van der Waals surface area (Å²) < 4.78 is 0. The van der Waals surface area contributed by atoms with E-state index in [9.17, 15) is 29.4 Å². The third-order valence-corrected chi connectivity index (χ3v) is 6.66. The number of hydrogen-bond donors (Lipinski definition) is 7. The largest absolute Gasteiger partial charge is 0.480 e. The Labute approximate surface area is 232 Å². The first-order valence-corrected chi connectivity index (χ1v) is 13.1. The van der Waals surface area contributed by atoms with Gasteiger partial charge in [0.2, 0.25) is 17.7 Å². The lowest BCUT2D eigenvalue weighted by Crippen LogP contribution is -2.59. The van der Waals surface area contributed by atoms with Gasteiger partial charge in [-0.2, -0.15) is 0 Å². The van der Waals surface area contributed by atoms with Crippen molar-refractivity contribution in [3.8, 4) is 0 Å². The fraction of sp³-hybridized carbons (Fsp3) is 0.379. The highest BCUT2D eigenvalue weighted by molar-refractivity contribution is 5.94. The number of aliphatic hydroxyl groups is 1. The molecule has 0 aliphatic carbocycles. The van der Waals surface area contributed by atoms with Gasteiger partial charge in [-0.05, 0) is 36.5 Å². The molecule has 0 saturated carbocycles. The number of carbonyl (C=O) groups excluding carboxylic acids is 3. The number of nitrogens with one attached hydrogen (secondary N) is 4. The molecule has 1 aromatic heterocycles. The molecular weight excluding hydrogens is 514 g/mol. The molecule has 11 nitrogen and oxygen atoms in total. The molecule has 3 aromatic rings. The van der Waals surface area contributed by atoms with E-state index in [0.29, 0.717) is 0 Å². The van der Waals surface area contributed by atoms with Gasteiger partial charge in [0.15, 0.2) is 6.04 Å². The number of carbonyl (C=O) groups is 4. The van der Waals surface area contributed by atoms with E-state index in [-0.39, 0.29) is 18.8 Å². The maximum Gasteiger partial charge on any atom is 0.328 e. The van der Waals surface area contributed by atoms with Crippen molar-refractivity contribution in [2.45, 2.75) is 63.9 Å². The first kappa shape index (κ1) is 30.3. The number of benzene rings is 2. The minimum absolute atomic E-state index is 0.0589. The van der Waals surface area contributed by atoms with Gasteiger partial charge in [-0.1, -0.05) is 62.4 Å². The smallest absolute Gasteiger partial charge is 0.328 e. The van der Waals surface area contributed by atoms with Crippen LogP contribution in [0.25, 0.3) is 10.9 Å². The van der Waals surface area contributed by atoms with Crippen LogP contribution >= 0.6 is 0 Å². The van der Waals surface area contributed by atoms with E-state index in [4.69, 9.17) is 5.73 Å². The van der Waals surface area contributed by atoms with E-state index in [1.807, 2.05) is 24.3 Å². The van der Waals surface area contributed by atoms with Crippen molar-refractivity contribution in [3.05, 3.63) is 71.9 Å². The Hall–Kier alpha value is -4.22. The highest BCUT2D eigenvalue weighted by atomic mass is 16.4.